The van der Waals surface area contributed by atoms with Gasteiger partial charge < -0.3 is 14.3 Å². The van der Waals surface area contributed by atoms with Crippen LogP contribution in [-0.2, 0) is 18.6 Å². The lowest BCUT2D eigenvalue weighted by Gasteiger charge is -2.16. The Bertz CT molecular complexity index is 1710. The van der Waals surface area contributed by atoms with E-state index in [0.717, 1.165) is 65.3 Å². The SMILES string of the molecule is COc1ncnc(C2CC2)c1-c1ncc2[nH]cc(C3(c4ccc(-c5nc(C(F)(F)F)cn5C)cc4)CC3)c2n1. The first-order valence-electron chi connectivity index (χ1n) is 12.7. The third-order valence-electron chi connectivity index (χ3n) is 7.77. The number of alkyl halides is 3. The molecule has 5 aromatic rings. The van der Waals surface area contributed by atoms with Gasteiger partial charge in [0.25, 0.3) is 0 Å². The quantitative estimate of drug-likeness (QED) is 0.298. The van der Waals surface area contributed by atoms with E-state index in [0.29, 0.717) is 23.2 Å². The number of aromatic amines is 1. The smallest absolute Gasteiger partial charge is 0.434 e. The Kier molecular flexibility index (Phi) is 5.10. The maximum absolute atomic E-state index is 13.2. The van der Waals surface area contributed by atoms with E-state index >= 15 is 0 Å². The number of methoxy groups -OCH3 is 1. The standard InChI is InChI=1S/C28H24F3N7O/c1-38-13-20(28(29,30)31)36-25(38)16-5-7-17(8-6-16)27(9-10-27)18-11-32-19-12-33-24(37-23(18)19)21-22(15-3-4-15)34-14-35-26(21)39-2/h5-8,11-15,32H,3-4,9-10H2,1-2H3. The van der Waals surface area contributed by atoms with Crippen molar-refractivity contribution in [2.24, 2.45) is 7.05 Å². The molecule has 8 nitrogen and oxygen atoms in total. The number of hydrogen-bond donors (Lipinski definition) is 1. The maximum atomic E-state index is 13.2. The molecule has 4 heterocycles. The fourth-order valence-corrected chi connectivity index (χ4v) is 5.46. The normalized spacial score (nSPS) is 16.5. The van der Waals surface area contributed by atoms with Gasteiger partial charge >= 0.3 is 6.18 Å². The Morgan fingerprint density at radius 2 is 1.82 bits per heavy atom. The molecule has 2 fully saturated rings. The molecule has 198 valence electrons. The number of rotatable bonds is 6. The highest BCUT2D eigenvalue weighted by molar-refractivity contribution is 5.83. The summed E-state index contributed by atoms with van der Waals surface area (Å²) in [7, 11) is 3.15. The number of hydrogen-bond acceptors (Lipinski definition) is 6. The summed E-state index contributed by atoms with van der Waals surface area (Å²) in [6.07, 6.45) is 5.82. The van der Waals surface area contributed by atoms with E-state index in [1.807, 2.05) is 30.5 Å². The summed E-state index contributed by atoms with van der Waals surface area (Å²) in [6.45, 7) is 0. The first-order chi connectivity index (χ1) is 18.8. The number of aryl methyl sites for hydroxylation is 1. The van der Waals surface area contributed by atoms with Gasteiger partial charge in [0.05, 0.1) is 30.0 Å². The van der Waals surface area contributed by atoms with Crippen LogP contribution in [-0.4, -0.2) is 41.6 Å². The van der Waals surface area contributed by atoms with Gasteiger partial charge in [0.2, 0.25) is 5.88 Å². The van der Waals surface area contributed by atoms with Crippen molar-refractivity contribution in [1.29, 1.82) is 0 Å². The highest BCUT2D eigenvalue weighted by Crippen LogP contribution is 2.55. The molecule has 1 N–H and O–H groups in total. The van der Waals surface area contributed by atoms with Gasteiger partial charge in [-0.1, -0.05) is 24.3 Å². The van der Waals surface area contributed by atoms with E-state index in [9.17, 15) is 13.2 Å². The summed E-state index contributed by atoms with van der Waals surface area (Å²) in [4.78, 5) is 25.6. The van der Waals surface area contributed by atoms with Crippen LogP contribution >= 0.6 is 0 Å². The Balaban J connectivity index is 1.27. The number of halogens is 3. The second-order valence-electron chi connectivity index (χ2n) is 10.3. The molecule has 0 atom stereocenters. The zero-order chi connectivity index (χ0) is 26.9. The van der Waals surface area contributed by atoms with Gasteiger partial charge in [-0.05, 0) is 31.2 Å². The number of ether oxygens (including phenoxy) is 1. The zero-order valence-electron chi connectivity index (χ0n) is 21.3. The number of fused-ring (bicyclic) bond motifs is 1. The summed E-state index contributed by atoms with van der Waals surface area (Å²) < 4.78 is 46.4. The van der Waals surface area contributed by atoms with E-state index in [4.69, 9.17) is 9.72 Å². The van der Waals surface area contributed by atoms with Crippen LogP contribution in [0.4, 0.5) is 13.2 Å². The number of H-pyrrole nitrogens is 1. The minimum absolute atomic E-state index is 0.238. The molecule has 0 unspecified atom stereocenters. The lowest BCUT2D eigenvalue weighted by atomic mass is 9.88. The molecule has 11 heteroatoms. The van der Waals surface area contributed by atoms with Crippen LogP contribution in [0, 0.1) is 0 Å². The van der Waals surface area contributed by atoms with Gasteiger partial charge in [-0.15, -0.1) is 0 Å². The fourth-order valence-electron chi connectivity index (χ4n) is 5.46. The first-order valence-corrected chi connectivity index (χ1v) is 12.7. The largest absolute Gasteiger partial charge is 0.480 e. The molecule has 0 bridgehead atoms. The van der Waals surface area contributed by atoms with Gasteiger partial charge in [0.1, 0.15) is 17.7 Å². The van der Waals surface area contributed by atoms with Crippen molar-refractivity contribution in [3.63, 3.8) is 0 Å². The van der Waals surface area contributed by atoms with Gasteiger partial charge in [-0.2, -0.15) is 13.2 Å². The van der Waals surface area contributed by atoms with Crippen LogP contribution in [0.25, 0.3) is 33.8 Å². The Morgan fingerprint density at radius 1 is 1.05 bits per heavy atom. The average molecular weight is 532 g/mol. The summed E-state index contributed by atoms with van der Waals surface area (Å²) in [5.74, 6) is 1.63. The van der Waals surface area contributed by atoms with Crippen LogP contribution in [0.3, 0.4) is 0 Å². The second kappa shape index (κ2) is 8.36. The molecule has 0 saturated heterocycles. The van der Waals surface area contributed by atoms with Gasteiger partial charge in [0.15, 0.2) is 11.5 Å². The monoisotopic (exact) mass is 531 g/mol. The van der Waals surface area contributed by atoms with Crippen LogP contribution in [0.1, 0.15) is 54.1 Å². The van der Waals surface area contributed by atoms with Gasteiger partial charge in [-0.3, -0.25) is 0 Å². The van der Waals surface area contributed by atoms with E-state index in [-0.39, 0.29) is 11.2 Å². The minimum atomic E-state index is -4.49. The lowest BCUT2D eigenvalue weighted by Crippen LogP contribution is -2.09. The fraction of sp³-hybridized carbons (Fsp3) is 0.321. The van der Waals surface area contributed by atoms with E-state index in [2.05, 4.69) is 24.9 Å². The molecule has 0 spiro atoms. The van der Waals surface area contributed by atoms with Crippen molar-refractivity contribution in [2.75, 3.05) is 7.11 Å². The molecule has 1 aromatic carbocycles. The van der Waals surface area contributed by atoms with Crippen molar-refractivity contribution < 1.29 is 17.9 Å². The first kappa shape index (κ1) is 23.8. The number of imidazole rings is 1. The van der Waals surface area contributed by atoms with E-state index < -0.39 is 11.9 Å². The molecule has 7 rings (SSSR count). The zero-order valence-corrected chi connectivity index (χ0v) is 21.3. The summed E-state index contributed by atoms with van der Waals surface area (Å²) in [6, 6.07) is 7.62. The topological polar surface area (TPSA) is 94.4 Å². The van der Waals surface area contributed by atoms with Crippen molar-refractivity contribution in [3.05, 3.63) is 71.7 Å². The Labute approximate surface area is 221 Å². The third-order valence-corrected chi connectivity index (χ3v) is 7.77. The number of aromatic nitrogens is 7. The number of nitrogens with one attached hydrogen (secondary N) is 1. The second-order valence-corrected chi connectivity index (χ2v) is 10.3. The molecule has 39 heavy (non-hydrogen) atoms. The minimum Gasteiger partial charge on any atom is -0.480 e. The predicted octanol–water partition coefficient (Wildman–Crippen LogP) is 5.80. The van der Waals surface area contributed by atoms with Crippen LogP contribution in [0.5, 0.6) is 5.88 Å². The summed E-state index contributed by atoms with van der Waals surface area (Å²) in [5, 5.41) is 0. The predicted molar refractivity (Wildman–Crippen MR) is 137 cm³/mol. The highest BCUT2D eigenvalue weighted by atomic mass is 19.4. The van der Waals surface area contributed by atoms with Crippen molar-refractivity contribution in [1.82, 2.24) is 34.5 Å². The molecule has 0 radical (unpaired) electrons. The number of nitrogens with zero attached hydrogens (tertiary/aromatic N) is 6. The van der Waals surface area contributed by atoms with Crippen LogP contribution < -0.4 is 4.74 Å². The Hall–Kier alpha value is -4.28. The van der Waals surface area contributed by atoms with Crippen LogP contribution in [0.2, 0.25) is 0 Å². The van der Waals surface area contributed by atoms with E-state index in [1.54, 1.807) is 20.4 Å². The summed E-state index contributed by atoms with van der Waals surface area (Å²) in [5.41, 5.74) is 4.93. The van der Waals surface area contributed by atoms with Crippen LogP contribution in [0.15, 0.2) is 49.2 Å². The third kappa shape index (κ3) is 3.86. The van der Waals surface area contributed by atoms with E-state index in [1.165, 1.54) is 10.9 Å². The summed E-state index contributed by atoms with van der Waals surface area (Å²) >= 11 is 0. The lowest BCUT2D eigenvalue weighted by molar-refractivity contribution is -0.140. The molecule has 2 aliphatic carbocycles. The molecule has 4 aromatic heterocycles. The molecular weight excluding hydrogens is 507 g/mol. The van der Waals surface area contributed by atoms with Crippen molar-refractivity contribution in [2.45, 2.75) is 43.2 Å². The molecule has 0 amide bonds. The highest BCUT2D eigenvalue weighted by Gasteiger charge is 2.48. The number of benzene rings is 1. The molecule has 0 aliphatic heterocycles. The maximum Gasteiger partial charge on any atom is 0.434 e. The average Bonchev–Trinajstić information content (AvgIpc) is 3.86. The Morgan fingerprint density at radius 3 is 2.46 bits per heavy atom. The van der Waals surface area contributed by atoms with Gasteiger partial charge in [-0.25, -0.2) is 24.9 Å². The van der Waals surface area contributed by atoms with Crippen molar-refractivity contribution in [3.8, 4) is 28.7 Å². The van der Waals surface area contributed by atoms with Crippen molar-refractivity contribution >= 4 is 11.0 Å². The molecular formula is C28H24F3N7O. The van der Waals surface area contributed by atoms with Gasteiger partial charge in [0, 0.05) is 41.9 Å². The molecule has 2 saturated carbocycles. The molecule has 2 aliphatic rings.